The number of para-hydroxylation sites is 1. The van der Waals surface area contributed by atoms with Crippen molar-refractivity contribution >= 4 is 17.4 Å². The van der Waals surface area contributed by atoms with Crippen molar-refractivity contribution in [3.8, 4) is 0 Å². The van der Waals surface area contributed by atoms with Crippen LogP contribution in [0.5, 0.6) is 0 Å². The van der Waals surface area contributed by atoms with Crippen LogP contribution in [0.1, 0.15) is 36.2 Å². The fourth-order valence-electron chi connectivity index (χ4n) is 2.55. The van der Waals surface area contributed by atoms with E-state index < -0.39 is 11.7 Å². The zero-order valence-corrected chi connectivity index (χ0v) is 14.5. The Morgan fingerprint density at radius 2 is 1.88 bits per heavy atom. The Kier molecular flexibility index (Phi) is 6.83. The van der Waals surface area contributed by atoms with Crippen LogP contribution in [0.3, 0.4) is 0 Å². The first-order valence-corrected chi connectivity index (χ1v) is 8.39. The van der Waals surface area contributed by atoms with Crippen LogP contribution in [0, 0.1) is 11.7 Å². The van der Waals surface area contributed by atoms with Gasteiger partial charge in [-0.3, -0.25) is 9.59 Å². The quantitative estimate of drug-likeness (QED) is 0.718. The van der Waals surface area contributed by atoms with Crippen molar-refractivity contribution in [2.45, 2.75) is 26.8 Å². The molecular formula is C20H23FN2O2. The Morgan fingerprint density at radius 1 is 1.12 bits per heavy atom. The number of carbonyl (C=O) groups is 2. The molecule has 132 valence electrons. The van der Waals surface area contributed by atoms with E-state index in [1.165, 1.54) is 18.2 Å². The van der Waals surface area contributed by atoms with Gasteiger partial charge in [0.25, 0.3) is 0 Å². The van der Waals surface area contributed by atoms with Crippen LogP contribution >= 0.6 is 0 Å². The lowest BCUT2D eigenvalue weighted by Gasteiger charge is -2.14. The standard InChI is InChI=1S/C20H23FN2O2/c1-3-22-13-16-7-4-5-10-18(16)23-19(24)11-14(2)20(25)15-8-6-9-17(21)12-15/h4-10,12,14,22H,3,11,13H2,1-2H3,(H,23,24). The third kappa shape index (κ3) is 5.50. The van der Waals surface area contributed by atoms with Crippen molar-refractivity contribution in [2.75, 3.05) is 11.9 Å². The molecule has 2 N–H and O–H groups in total. The molecule has 0 spiro atoms. The van der Waals surface area contributed by atoms with Gasteiger partial charge < -0.3 is 10.6 Å². The van der Waals surface area contributed by atoms with Gasteiger partial charge in [0.2, 0.25) is 5.91 Å². The van der Waals surface area contributed by atoms with E-state index in [1.54, 1.807) is 13.0 Å². The van der Waals surface area contributed by atoms with Crippen LogP contribution < -0.4 is 10.6 Å². The average molecular weight is 342 g/mol. The molecule has 0 saturated carbocycles. The molecule has 0 bridgehead atoms. The highest BCUT2D eigenvalue weighted by Gasteiger charge is 2.19. The summed E-state index contributed by atoms with van der Waals surface area (Å²) < 4.78 is 13.2. The number of halogens is 1. The third-order valence-electron chi connectivity index (χ3n) is 3.91. The zero-order valence-electron chi connectivity index (χ0n) is 14.5. The maximum Gasteiger partial charge on any atom is 0.225 e. The zero-order chi connectivity index (χ0) is 18.2. The monoisotopic (exact) mass is 342 g/mol. The highest BCUT2D eigenvalue weighted by molar-refractivity contribution is 6.01. The summed E-state index contributed by atoms with van der Waals surface area (Å²) in [5.74, 6) is -1.46. The minimum Gasteiger partial charge on any atom is -0.326 e. The Balaban J connectivity index is 1.99. The number of benzene rings is 2. The molecule has 0 aliphatic rings. The van der Waals surface area contributed by atoms with Gasteiger partial charge in [0.15, 0.2) is 5.78 Å². The summed E-state index contributed by atoms with van der Waals surface area (Å²) in [7, 11) is 0. The number of anilines is 1. The number of ketones is 1. The number of amides is 1. The predicted octanol–water partition coefficient (Wildman–Crippen LogP) is 3.78. The minimum atomic E-state index is -0.525. The number of hydrogen-bond donors (Lipinski definition) is 2. The van der Waals surface area contributed by atoms with Gasteiger partial charge in [-0.1, -0.05) is 44.2 Å². The largest absolute Gasteiger partial charge is 0.326 e. The second kappa shape index (κ2) is 9.08. The highest BCUT2D eigenvalue weighted by Crippen LogP contribution is 2.18. The molecule has 0 saturated heterocycles. The number of rotatable bonds is 8. The van der Waals surface area contributed by atoms with Crippen LogP contribution in [0.2, 0.25) is 0 Å². The van der Waals surface area contributed by atoms with E-state index in [0.717, 1.165) is 17.8 Å². The van der Waals surface area contributed by atoms with Gasteiger partial charge in [0.05, 0.1) is 0 Å². The molecule has 2 aromatic rings. The first-order chi connectivity index (χ1) is 12.0. The molecule has 1 amide bonds. The fourth-order valence-corrected chi connectivity index (χ4v) is 2.55. The van der Waals surface area contributed by atoms with E-state index >= 15 is 0 Å². The van der Waals surface area contributed by atoms with E-state index in [2.05, 4.69) is 10.6 Å². The van der Waals surface area contributed by atoms with Gasteiger partial charge in [0, 0.05) is 30.1 Å². The molecule has 0 aromatic heterocycles. The van der Waals surface area contributed by atoms with Crippen LogP contribution in [0.15, 0.2) is 48.5 Å². The topological polar surface area (TPSA) is 58.2 Å². The maximum absolute atomic E-state index is 13.2. The summed E-state index contributed by atoms with van der Waals surface area (Å²) >= 11 is 0. The molecule has 0 aliphatic heterocycles. The molecule has 1 unspecified atom stereocenters. The molecule has 2 rings (SSSR count). The van der Waals surface area contributed by atoms with Gasteiger partial charge in [-0.2, -0.15) is 0 Å². The summed E-state index contributed by atoms with van der Waals surface area (Å²) in [6, 6.07) is 13.1. The second-order valence-electron chi connectivity index (χ2n) is 5.97. The van der Waals surface area contributed by atoms with Gasteiger partial charge in [-0.25, -0.2) is 4.39 Å². The Hall–Kier alpha value is -2.53. The summed E-state index contributed by atoms with van der Waals surface area (Å²) in [4.78, 5) is 24.6. The lowest BCUT2D eigenvalue weighted by atomic mass is 9.96. The van der Waals surface area contributed by atoms with Gasteiger partial charge in [-0.15, -0.1) is 0 Å². The Labute approximate surface area is 147 Å². The fraction of sp³-hybridized carbons (Fsp3) is 0.300. The van der Waals surface area contributed by atoms with Gasteiger partial charge in [-0.05, 0) is 30.3 Å². The average Bonchev–Trinajstić information content (AvgIpc) is 2.60. The Morgan fingerprint density at radius 3 is 2.60 bits per heavy atom. The molecule has 1 atom stereocenters. The van der Waals surface area contributed by atoms with Crippen LogP contribution in [0.4, 0.5) is 10.1 Å². The lowest BCUT2D eigenvalue weighted by molar-refractivity contribution is -0.116. The lowest BCUT2D eigenvalue weighted by Crippen LogP contribution is -2.22. The third-order valence-corrected chi connectivity index (χ3v) is 3.91. The second-order valence-corrected chi connectivity index (χ2v) is 5.97. The number of carbonyl (C=O) groups excluding carboxylic acids is 2. The predicted molar refractivity (Wildman–Crippen MR) is 97.0 cm³/mol. The molecule has 0 radical (unpaired) electrons. The van der Waals surface area contributed by atoms with Gasteiger partial charge in [0.1, 0.15) is 5.82 Å². The van der Waals surface area contributed by atoms with Crippen molar-refractivity contribution < 1.29 is 14.0 Å². The minimum absolute atomic E-state index is 0.0465. The van der Waals surface area contributed by atoms with Gasteiger partial charge >= 0.3 is 0 Å². The summed E-state index contributed by atoms with van der Waals surface area (Å²) in [6.45, 7) is 5.18. The molecule has 0 aliphatic carbocycles. The van der Waals surface area contributed by atoms with Crippen LogP contribution in [0.25, 0.3) is 0 Å². The van der Waals surface area contributed by atoms with E-state index in [-0.39, 0.29) is 23.7 Å². The molecule has 4 nitrogen and oxygen atoms in total. The molecule has 0 fully saturated rings. The van der Waals surface area contributed by atoms with Crippen molar-refractivity contribution in [1.29, 1.82) is 0 Å². The molecule has 25 heavy (non-hydrogen) atoms. The van der Waals surface area contributed by atoms with Crippen LogP contribution in [-0.2, 0) is 11.3 Å². The van der Waals surface area contributed by atoms with E-state index in [4.69, 9.17) is 0 Å². The van der Waals surface area contributed by atoms with E-state index in [1.807, 2.05) is 31.2 Å². The first kappa shape index (κ1) is 18.8. The summed E-state index contributed by atoms with van der Waals surface area (Å²) in [6.07, 6.45) is 0.0465. The maximum atomic E-state index is 13.2. The van der Waals surface area contributed by atoms with Crippen molar-refractivity contribution in [2.24, 2.45) is 5.92 Å². The molecular weight excluding hydrogens is 319 g/mol. The number of Topliss-reactive ketones (excluding diaryl/α,β-unsaturated/α-hetero) is 1. The van der Waals surface area contributed by atoms with E-state index in [0.29, 0.717) is 6.54 Å². The Bertz CT molecular complexity index is 746. The number of hydrogen-bond acceptors (Lipinski definition) is 3. The highest BCUT2D eigenvalue weighted by atomic mass is 19.1. The van der Waals surface area contributed by atoms with E-state index in [9.17, 15) is 14.0 Å². The normalized spacial score (nSPS) is 11.8. The summed E-state index contributed by atoms with van der Waals surface area (Å²) in [5, 5.41) is 6.09. The summed E-state index contributed by atoms with van der Waals surface area (Å²) in [5.41, 5.74) is 2.01. The molecule has 2 aromatic carbocycles. The molecule has 0 heterocycles. The number of nitrogens with one attached hydrogen (secondary N) is 2. The smallest absolute Gasteiger partial charge is 0.225 e. The molecule has 5 heteroatoms. The van der Waals surface area contributed by atoms with Crippen molar-refractivity contribution in [3.63, 3.8) is 0 Å². The van der Waals surface area contributed by atoms with Crippen molar-refractivity contribution in [3.05, 3.63) is 65.5 Å². The van der Waals surface area contributed by atoms with Crippen LogP contribution in [-0.4, -0.2) is 18.2 Å². The van der Waals surface area contributed by atoms with Crippen molar-refractivity contribution in [1.82, 2.24) is 5.32 Å². The first-order valence-electron chi connectivity index (χ1n) is 8.39. The SMILES string of the molecule is CCNCc1ccccc1NC(=O)CC(C)C(=O)c1cccc(F)c1.